The van der Waals surface area contributed by atoms with E-state index in [9.17, 15) is 4.79 Å². The van der Waals surface area contributed by atoms with Crippen LogP contribution in [0, 0.1) is 6.92 Å². The van der Waals surface area contributed by atoms with Crippen LogP contribution in [0.5, 0.6) is 0 Å². The minimum Gasteiger partial charge on any atom is -0.394 e. The number of halogens is 1. The largest absolute Gasteiger partial charge is 0.394 e. The van der Waals surface area contributed by atoms with E-state index in [1.807, 2.05) is 30.0 Å². The number of nitrogens with one attached hydrogen (secondary N) is 1. The molecule has 92 valence electrons. The maximum absolute atomic E-state index is 11.5. The summed E-state index contributed by atoms with van der Waals surface area (Å²) < 4.78 is 0. The highest BCUT2D eigenvalue weighted by Crippen LogP contribution is 2.23. The molecule has 0 saturated carbocycles. The fraction of sp³-hybridized carbons (Fsp3) is 0.417. The summed E-state index contributed by atoms with van der Waals surface area (Å²) in [5.41, 5.74) is 1.92. The third kappa shape index (κ3) is 2.70. The molecule has 1 aromatic rings. The first-order chi connectivity index (χ1) is 8.10. The standard InChI is InChI=1S/C12H15ClN2O2/c1-8-2-3-10(4-11(8)13)15-5-9(7-16)14-12(17)6-15/h2-4,9,16H,5-7H2,1H3,(H,14,17). The van der Waals surface area contributed by atoms with Crippen LogP contribution in [0.1, 0.15) is 5.56 Å². The number of carbonyl (C=O) groups is 1. The van der Waals surface area contributed by atoms with Crippen LogP contribution in [0.15, 0.2) is 18.2 Å². The Bertz CT molecular complexity index is 437. The molecule has 0 aromatic heterocycles. The van der Waals surface area contributed by atoms with Crippen LogP contribution in [0.25, 0.3) is 0 Å². The van der Waals surface area contributed by atoms with Gasteiger partial charge in [-0.2, -0.15) is 0 Å². The summed E-state index contributed by atoms with van der Waals surface area (Å²) in [6.45, 7) is 2.78. The van der Waals surface area contributed by atoms with E-state index >= 15 is 0 Å². The van der Waals surface area contributed by atoms with E-state index in [4.69, 9.17) is 16.7 Å². The first-order valence-corrected chi connectivity index (χ1v) is 5.89. The molecule has 2 rings (SSSR count). The molecule has 1 aromatic carbocycles. The number of aryl methyl sites for hydroxylation is 1. The van der Waals surface area contributed by atoms with Crippen molar-refractivity contribution in [2.75, 3.05) is 24.6 Å². The molecule has 2 N–H and O–H groups in total. The number of nitrogens with zero attached hydrogens (tertiary/aromatic N) is 1. The molecule has 17 heavy (non-hydrogen) atoms. The van der Waals surface area contributed by atoms with Crippen LogP contribution in [0.3, 0.4) is 0 Å². The molecular formula is C12H15ClN2O2. The Morgan fingerprint density at radius 2 is 2.35 bits per heavy atom. The van der Waals surface area contributed by atoms with Crippen molar-refractivity contribution in [1.29, 1.82) is 0 Å². The van der Waals surface area contributed by atoms with Gasteiger partial charge in [0, 0.05) is 17.3 Å². The number of carbonyl (C=O) groups excluding carboxylic acids is 1. The highest BCUT2D eigenvalue weighted by Gasteiger charge is 2.24. The van der Waals surface area contributed by atoms with Gasteiger partial charge in [0.2, 0.25) is 5.91 Å². The molecule has 4 nitrogen and oxygen atoms in total. The van der Waals surface area contributed by atoms with Gasteiger partial charge in [-0.1, -0.05) is 17.7 Å². The highest BCUT2D eigenvalue weighted by molar-refractivity contribution is 6.31. The Morgan fingerprint density at radius 1 is 1.59 bits per heavy atom. The van der Waals surface area contributed by atoms with Gasteiger partial charge in [0.1, 0.15) is 0 Å². The summed E-state index contributed by atoms with van der Waals surface area (Å²) in [5, 5.41) is 12.5. The van der Waals surface area contributed by atoms with Gasteiger partial charge in [-0.25, -0.2) is 0 Å². The Balaban J connectivity index is 2.20. The predicted molar refractivity (Wildman–Crippen MR) is 67.4 cm³/mol. The number of hydrogen-bond acceptors (Lipinski definition) is 3. The molecule has 0 bridgehead atoms. The molecule has 5 heteroatoms. The number of hydrogen-bond donors (Lipinski definition) is 2. The number of aliphatic hydroxyl groups excluding tert-OH is 1. The minimum atomic E-state index is -0.212. The summed E-state index contributed by atoms with van der Waals surface area (Å²) in [5.74, 6) is -0.0769. The van der Waals surface area contributed by atoms with Crippen LogP contribution in [0.2, 0.25) is 5.02 Å². The van der Waals surface area contributed by atoms with Crippen molar-refractivity contribution in [2.24, 2.45) is 0 Å². The van der Waals surface area contributed by atoms with E-state index in [1.165, 1.54) is 0 Å². The third-order valence-electron chi connectivity index (χ3n) is 2.88. The van der Waals surface area contributed by atoms with Crippen molar-refractivity contribution >= 4 is 23.2 Å². The first-order valence-electron chi connectivity index (χ1n) is 5.51. The molecule has 0 radical (unpaired) electrons. The summed E-state index contributed by atoms with van der Waals surface area (Å²) >= 11 is 6.06. The molecule has 1 saturated heterocycles. The Labute approximate surface area is 105 Å². The SMILES string of the molecule is Cc1ccc(N2CC(=O)NC(CO)C2)cc1Cl. The van der Waals surface area contributed by atoms with Crippen molar-refractivity contribution in [2.45, 2.75) is 13.0 Å². The Morgan fingerprint density at radius 3 is 3.00 bits per heavy atom. The van der Waals surface area contributed by atoms with Crippen molar-refractivity contribution in [3.8, 4) is 0 Å². The summed E-state index contributed by atoms with van der Waals surface area (Å²) in [6.07, 6.45) is 0. The Hall–Kier alpha value is -1.26. The van der Waals surface area contributed by atoms with Crippen molar-refractivity contribution in [3.05, 3.63) is 28.8 Å². The fourth-order valence-electron chi connectivity index (χ4n) is 1.90. The zero-order chi connectivity index (χ0) is 12.4. The molecule has 1 aliphatic heterocycles. The zero-order valence-corrected chi connectivity index (χ0v) is 10.4. The van der Waals surface area contributed by atoms with Crippen molar-refractivity contribution < 1.29 is 9.90 Å². The van der Waals surface area contributed by atoms with Crippen LogP contribution < -0.4 is 10.2 Å². The van der Waals surface area contributed by atoms with Gasteiger partial charge in [-0.05, 0) is 24.6 Å². The van der Waals surface area contributed by atoms with Crippen LogP contribution in [0.4, 0.5) is 5.69 Å². The van der Waals surface area contributed by atoms with E-state index in [-0.39, 0.29) is 18.6 Å². The number of aliphatic hydroxyl groups is 1. The maximum atomic E-state index is 11.5. The molecule has 1 heterocycles. The number of benzene rings is 1. The maximum Gasteiger partial charge on any atom is 0.239 e. The monoisotopic (exact) mass is 254 g/mol. The fourth-order valence-corrected chi connectivity index (χ4v) is 2.08. The molecule has 1 amide bonds. The second-order valence-corrected chi connectivity index (χ2v) is 4.67. The molecule has 1 atom stereocenters. The number of anilines is 1. The molecule has 1 unspecified atom stereocenters. The lowest BCUT2D eigenvalue weighted by Crippen LogP contribution is -2.55. The lowest BCUT2D eigenvalue weighted by Gasteiger charge is -2.33. The van der Waals surface area contributed by atoms with E-state index in [1.54, 1.807) is 0 Å². The van der Waals surface area contributed by atoms with Crippen molar-refractivity contribution in [1.82, 2.24) is 5.32 Å². The van der Waals surface area contributed by atoms with Crippen LogP contribution in [-0.2, 0) is 4.79 Å². The van der Waals surface area contributed by atoms with E-state index in [2.05, 4.69) is 5.32 Å². The van der Waals surface area contributed by atoms with Gasteiger partial charge >= 0.3 is 0 Å². The number of piperazine rings is 1. The topological polar surface area (TPSA) is 52.6 Å². The normalized spacial score (nSPS) is 20.3. The molecular weight excluding hydrogens is 240 g/mol. The van der Waals surface area contributed by atoms with Gasteiger partial charge in [0.15, 0.2) is 0 Å². The van der Waals surface area contributed by atoms with Crippen molar-refractivity contribution in [3.63, 3.8) is 0 Å². The van der Waals surface area contributed by atoms with E-state index < -0.39 is 0 Å². The highest BCUT2D eigenvalue weighted by atomic mass is 35.5. The average Bonchev–Trinajstić information content (AvgIpc) is 2.32. The van der Waals surface area contributed by atoms with Gasteiger partial charge in [0.25, 0.3) is 0 Å². The lowest BCUT2D eigenvalue weighted by molar-refractivity contribution is -0.121. The summed E-state index contributed by atoms with van der Waals surface area (Å²) in [4.78, 5) is 13.4. The smallest absolute Gasteiger partial charge is 0.239 e. The summed E-state index contributed by atoms with van der Waals surface area (Å²) in [6, 6.07) is 5.51. The third-order valence-corrected chi connectivity index (χ3v) is 3.29. The summed E-state index contributed by atoms with van der Waals surface area (Å²) in [7, 11) is 0. The van der Waals surface area contributed by atoms with Crippen LogP contribution in [-0.4, -0.2) is 36.8 Å². The molecule has 0 spiro atoms. The van der Waals surface area contributed by atoms with Gasteiger partial charge in [-0.3, -0.25) is 4.79 Å². The predicted octanol–water partition coefficient (Wildman–Crippen LogP) is 0.946. The second-order valence-electron chi connectivity index (χ2n) is 4.26. The molecule has 1 aliphatic rings. The second kappa shape index (κ2) is 4.94. The number of amides is 1. The van der Waals surface area contributed by atoms with E-state index in [0.29, 0.717) is 18.1 Å². The number of rotatable bonds is 2. The average molecular weight is 255 g/mol. The minimum absolute atomic E-state index is 0.0537. The van der Waals surface area contributed by atoms with E-state index in [0.717, 1.165) is 11.3 Å². The Kier molecular flexibility index (Phi) is 3.54. The molecule has 1 fully saturated rings. The lowest BCUT2D eigenvalue weighted by atomic mass is 10.1. The zero-order valence-electron chi connectivity index (χ0n) is 9.61. The van der Waals surface area contributed by atoms with Crippen LogP contribution >= 0.6 is 11.6 Å². The van der Waals surface area contributed by atoms with Gasteiger partial charge in [-0.15, -0.1) is 0 Å². The first kappa shape index (κ1) is 12.2. The quantitative estimate of drug-likeness (QED) is 0.826. The van der Waals surface area contributed by atoms with Gasteiger partial charge < -0.3 is 15.3 Å². The molecule has 0 aliphatic carbocycles. The van der Waals surface area contributed by atoms with Gasteiger partial charge in [0.05, 0.1) is 19.2 Å².